The van der Waals surface area contributed by atoms with E-state index in [9.17, 15) is 0 Å². The van der Waals surface area contributed by atoms with Gasteiger partial charge in [-0.3, -0.25) is 9.58 Å². The molecule has 2 N–H and O–H groups in total. The summed E-state index contributed by atoms with van der Waals surface area (Å²) in [7, 11) is 0. The zero-order valence-electron chi connectivity index (χ0n) is 13.6. The fourth-order valence-electron chi connectivity index (χ4n) is 3.33. The average molecular weight is 313 g/mol. The van der Waals surface area contributed by atoms with Gasteiger partial charge in [-0.1, -0.05) is 25.4 Å². The minimum Gasteiger partial charge on any atom is -0.328 e. The number of hydrogen-bond donors (Lipinski definition) is 1. The average Bonchev–Trinajstić information content (AvgIpc) is 2.81. The summed E-state index contributed by atoms with van der Waals surface area (Å²) in [6.45, 7) is 9.29. The monoisotopic (exact) mass is 312 g/mol. The molecule has 0 spiro atoms. The second-order valence-corrected chi connectivity index (χ2v) is 6.39. The Bertz CT molecular complexity index is 449. The SMILES string of the molecule is CCc1nn(CC)c(CN(CC)C2CCC(N)CC2)c1Cl. The molecule has 5 heteroatoms. The molecule has 1 saturated carbocycles. The van der Waals surface area contributed by atoms with Crippen LogP contribution in [-0.4, -0.2) is 33.3 Å². The highest BCUT2D eigenvalue weighted by atomic mass is 35.5. The summed E-state index contributed by atoms with van der Waals surface area (Å²) < 4.78 is 2.07. The summed E-state index contributed by atoms with van der Waals surface area (Å²) in [6.07, 6.45) is 5.58. The van der Waals surface area contributed by atoms with Crippen molar-refractivity contribution in [3.63, 3.8) is 0 Å². The van der Waals surface area contributed by atoms with Gasteiger partial charge in [0.1, 0.15) is 0 Å². The summed E-state index contributed by atoms with van der Waals surface area (Å²) in [6, 6.07) is 1.03. The van der Waals surface area contributed by atoms with Crippen molar-refractivity contribution in [1.82, 2.24) is 14.7 Å². The van der Waals surface area contributed by atoms with E-state index in [0.717, 1.165) is 49.6 Å². The zero-order chi connectivity index (χ0) is 15.4. The molecular weight excluding hydrogens is 284 g/mol. The fourth-order valence-corrected chi connectivity index (χ4v) is 3.66. The van der Waals surface area contributed by atoms with Gasteiger partial charge in [0.25, 0.3) is 0 Å². The Morgan fingerprint density at radius 2 is 1.90 bits per heavy atom. The van der Waals surface area contributed by atoms with Crippen molar-refractivity contribution in [3.05, 3.63) is 16.4 Å². The summed E-state index contributed by atoms with van der Waals surface area (Å²) in [4.78, 5) is 2.54. The number of halogens is 1. The van der Waals surface area contributed by atoms with Gasteiger partial charge in [0.05, 0.1) is 16.4 Å². The van der Waals surface area contributed by atoms with Crippen molar-refractivity contribution in [2.75, 3.05) is 6.54 Å². The van der Waals surface area contributed by atoms with Crippen LogP contribution in [0.4, 0.5) is 0 Å². The highest BCUT2D eigenvalue weighted by molar-refractivity contribution is 6.31. The highest BCUT2D eigenvalue weighted by Crippen LogP contribution is 2.27. The van der Waals surface area contributed by atoms with E-state index >= 15 is 0 Å². The first-order valence-electron chi connectivity index (χ1n) is 8.34. The van der Waals surface area contributed by atoms with Gasteiger partial charge in [0, 0.05) is 25.2 Å². The van der Waals surface area contributed by atoms with E-state index in [1.165, 1.54) is 18.5 Å². The summed E-state index contributed by atoms with van der Waals surface area (Å²) in [5, 5.41) is 5.50. The van der Waals surface area contributed by atoms with Crippen molar-refractivity contribution in [3.8, 4) is 0 Å². The van der Waals surface area contributed by atoms with Gasteiger partial charge in [-0.15, -0.1) is 0 Å². The molecule has 1 aromatic rings. The Labute approximate surface area is 133 Å². The minimum atomic E-state index is 0.399. The smallest absolute Gasteiger partial charge is 0.0863 e. The van der Waals surface area contributed by atoms with Gasteiger partial charge in [0.15, 0.2) is 0 Å². The second kappa shape index (κ2) is 7.61. The molecule has 0 atom stereocenters. The molecule has 1 aliphatic carbocycles. The van der Waals surface area contributed by atoms with Crippen LogP contribution in [0.15, 0.2) is 0 Å². The lowest BCUT2D eigenvalue weighted by atomic mass is 9.90. The third kappa shape index (κ3) is 3.79. The van der Waals surface area contributed by atoms with E-state index < -0.39 is 0 Å². The first-order chi connectivity index (χ1) is 10.1. The third-order valence-electron chi connectivity index (χ3n) is 4.71. The number of nitrogens with zero attached hydrogens (tertiary/aromatic N) is 3. The zero-order valence-corrected chi connectivity index (χ0v) is 14.4. The Balaban J connectivity index is 2.13. The van der Waals surface area contributed by atoms with Crippen LogP contribution in [-0.2, 0) is 19.5 Å². The van der Waals surface area contributed by atoms with Gasteiger partial charge < -0.3 is 5.73 Å². The van der Waals surface area contributed by atoms with Crippen LogP contribution in [0, 0.1) is 0 Å². The van der Waals surface area contributed by atoms with Crippen LogP contribution < -0.4 is 5.73 Å². The van der Waals surface area contributed by atoms with Gasteiger partial charge in [-0.2, -0.15) is 5.10 Å². The molecule has 4 nitrogen and oxygen atoms in total. The maximum Gasteiger partial charge on any atom is 0.0863 e. The maximum absolute atomic E-state index is 6.54. The molecule has 120 valence electrons. The van der Waals surface area contributed by atoms with E-state index in [1.807, 2.05) is 0 Å². The van der Waals surface area contributed by atoms with E-state index in [0.29, 0.717) is 12.1 Å². The van der Waals surface area contributed by atoms with Crippen LogP contribution in [0.3, 0.4) is 0 Å². The first-order valence-corrected chi connectivity index (χ1v) is 8.72. The van der Waals surface area contributed by atoms with Crippen molar-refractivity contribution >= 4 is 11.6 Å². The Morgan fingerprint density at radius 3 is 2.43 bits per heavy atom. The van der Waals surface area contributed by atoms with Gasteiger partial charge in [0.2, 0.25) is 0 Å². The van der Waals surface area contributed by atoms with Crippen molar-refractivity contribution in [1.29, 1.82) is 0 Å². The van der Waals surface area contributed by atoms with Gasteiger partial charge in [-0.25, -0.2) is 0 Å². The normalized spacial score (nSPS) is 23.0. The summed E-state index contributed by atoms with van der Waals surface area (Å²) in [5.74, 6) is 0. The predicted molar refractivity (Wildman–Crippen MR) is 88.6 cm³/mol. The number of nitrogens with two attached hydrogens (primary N) is 1. The largest absolute Gasteiger partial charge is 0.328 e. The van der Waals surface area contributed by atoms with Crippen LogP contribution in [0.1, 0.15) is 57.8 Å². The number of aryl methyl sites for hydroxylation is 2. The molecule has 0 saturated heterocycles. The molecule has 0 unspecified atom stereocenters. The Hall–Kier alpha value is -0.580. The predicted octanol–water partition coefficient (Wildman–Crippen LogP) is 3.21. The molecule has 2 rings (SSSR count). The molecule has 1 aliphatic rings. The molecule has 0 radical (unpaired) electrons. The van der Waals surface area contributed by atoms with E-state index in [-0.39, 0.29) is 0 Å². The lowest BCUT2D eigenvalue weighted by Gasteiger charge is -2.35. The molecule has 1 heterocycles. The Kier molecular flexibility index (Phi) is 6.08. The topological polar surface area (TPSA) is 47.1 Å². The van der Waals surface area contributed by atoms with Crippen LogP contribution in [0.2, 0.25) is 5.02 Å². The molecular formula is C16H29ClN4. The lowest BCUT2D eigenvalue weighted by molar-refractivity contribution is 0.145. The van der Waals surface area contributed by atoms with Crippen LogP contribution >= 0.6 is 11.6 Å². The van der Waals surface area contributed by atoms with Crippen LogP contribution in [0.25, 0.3) is 0 Å². The lowest BCUT2D eigenvalue weighted by Crippen LogP contribution is -2.40. The fraction of sp³-hybridized carbons (Fsp3) is 0.812. The molecule has 0 aliphatic heterocycles. The molecule has 0 aromatic carbocycles. The van der Waals surface area contributed by atoms with E-state index in [2.05, 4.69) is 35.5 Å². The Morgan fingerprint density at radius 1 is 1.24 bits per heavy atom. The maximum atomic E-state index is 6.54. The first kappa shape index (κ1) is 16.8. The summed E-state index contributed by atoms with van der Waals surface area (Å²) >= 11 is 6.54. The standard InChI is InChI=1S/C16H29ClN4/c1-4-14-16(17)15(21(6-3)19-14)11-20(5-2)13-9-7-12(18)8-10-13/h12-13H,4-11,18H2,1-3H3. The van der Waals surface area contributed by atoms with Crippen molar-refractivity contribution in [2.45, 2.75) is 78.0 Å². The molecule has 1 aromatic heterocycles. The van der Waals surface area contributed by atoms with E-state index in [1.54, 1.807) is 0 Å². The number of aromatic nitrogens is 2. The molecule has 0 amide bonds. The number of hydrogen-bond acceptors (Lipinski definition) is 3. The van der Waals surface area contributed by atoms with Gasteiger partial charge in [-0.05, 0) is 45.6 Å². The van der Waals surface area contributed by atoms with Crippen LogP contribution in [0.5, 0.6) is 0 Å². The quantitative estimate of drug-likeness (QED) is 0.877. The highest BCUT2D eigenvalue weighted by Gasteiger charge is 2.25. The molecule has 1 fully saturated rings. The number of rotatable bonds is 6. The summed E-state index contributed by atoms with van der Waals surface area (Å²) in [5.41, 5.74) is 8.23. The molecule has 0 bridgehead atoms. The van der Waals surface area contributed by atoms with Crippen molar-refractivity contribution < 1.29 is 0 Å². The van der Waals surface area contributed by atoms with Gasteiger partial charge >= 0.3 is 0 Å². The third-order valence-corrected chi connectivity index (χ3v) is 5.15. The molecule has 21 heavy (non-hydrogen) atoms. The second-order valence-electron chi connectivity index (χ2n) is 6.01. The minimum absolute atomic E-state index is 0.399. The van der Waals surface area contributed by atoms with Crippen molar-refractivity contribution in [2.24, 2.45) is 5.73 Å². The van der Waals surface area contributed by atoms with E-state index in [4.69, 9.17) is 17.3 Å².